The number of anilines is 1. The van der Waals surface area contributed by atoms with E-state index >= 15 is 0 Å². The zero-order chi connectivity index (χ0) is 18.4. The molecule has 26 heavy (non-hydrogen) atoms. The Bertz CT molecular complexity index is 1080. The van der Waals surface area contributed by atoms with E-state index in [1.807, 2.05) is 24.3 Å². The van der Waals surface area contributed by atoms with Gasteiger partial charge < -0.3 is 9.30 Å². The number of hydrogen-bond donors (Lipinski definition) is 2. The fraction of sp³-hybridized carbons (Fsp3) is 0.176. The molecule has 4 rings (SSSR count). The van der Waals surface area contributed by atoms with E-state index < -0.39 is 5.97 Å². The van der Waals surface area contributed by atoms with Crippen LogP contribution in [0.15, 0.2) is 35.1 Å². The second-order valence-electron chi connectivity index (χ2n) is 5.83. The number of nitrogens with zero attached hydrogens (tertiary/aromatic N) is 2. The van der Waals surface area contributed by atoms with Crippen molar-refractivity contribution >= 4 is 44.2 Å². The molecule has 1 atom stereocenters. The lowest BCUT2D eigenvalue weighted by atomic mass is 10.1. The maximum atomic E-state index is 12.9. The molecule has 1 amide bonds. The van der Waals surface area contributed by atoms with Crippen LogP contribution in [0.4, 0.5) is 10.8 Å². The van der Waals surface area contributed by atoms with Gasteiger partial charge in [0.1, 0.15) is 17.8 Å². The van der Waals surface area contributed by atoms with Gasteiger partial charge in [0.05, 0.1) is 17.3 Å². The average molecular weight is 371 g/mol. The number of quaternary nitrogens is 1. The Morgan fingerprint density at radius 3 is 2.85 bits per heavy atom. The molecule has 0 spiro atoms. The van der Waals surface area contributed by atoms with Gasteiger partial charge >= 0.3 is 17.0 Å². The van der Waals surface area contributed by atoms with Crippen LogP contribution in [-0.4, -0.2) is 28.5 Å². The van der Waals surface area contributed by atoms with Crippen molar-refractivity contribution in [1.82, 2.24) is 9.55 Å². The summed E-state index contributed by atoms with van der Waals surface area (Å²) in [5.41, 5.74) is 4.70. The van der Waals surface area contributed by atoms with Gasteiger partial charge in [0.15, 0.2) is 0 Å². The average Bonchev–Trinajstić information content (AvgIpc) is 3.19. The molecule has 8 nitrogen and oxygen atoms in total. The van der Waals surface area contributed by atoms with Crippen molar-refractivity contribution < 1.29 is 19.3 Å². The number of carbonyl (C=O) groups excluding carboxylic acids is 2. The Balaban J connectivity index is 1.76. The molecular formula is C17H15N4O4S+. The molecule has 9 heteroatoms. The summed E-state index contributed by atoms with van der Waals surface area (Å²) in [6.07, 6.45) is 0. The second-order valence-corrected chi connectivity index (χ2v) is 6.87. The summed E-state index contributed by atoms with van der Waals surface area (Å²) < 4.78 is 6.84. The number of nitrogens with one attached hydrogen (secondary N) is 2. The first-order chi connectivity index (χ1) is 12.5. The number of amides is 1. The first-order valence-electron chi connectivity index (χ1n) is 7.85. The minimum Gasteiger partial charge on any atom is -0.468 e. The fourth-order valence-electron chi connectivity index (χ4n) is 2.99. The molecule has 0 fully saturated rings. The molecule has 0 saturated heterocycles. The number of methoxy groups -OCH3 is 1. The summed E-state index contributed by atoms with van der Waals surface area (Å²) in [5, 5.41) is 0.915. The van der Waals surface area contributed by atoms with Crippen molar-refractivity contribution in [3.8, 4) is 0 Å². The second kappa shape index (κ2) is 6.04. The van der Waals surface area contributed by atoms with Crippen molar-refractivity contribution in [2.24, 2.45) is 0 Å². The van der Waals surface area contributed by atoms with Crippen molar-refractivity contribution in [2.45, 2.75) is 13.5 Å². The summed E-state index contributed by atoms with van der Waals surface area (Å²) in [7, 11) is 1.25. The van der Waals surface area contributed by atoms with E-state index in [2.05, 4.69) is 15.1 Å². The minimum atomic E-state index is -0.552. The third-order valence-corrected chi connectivity index (χ3v) is 5.36. The van der Waals surface area contributed by atoms with Gasteiger partial charge in [-0.3, -0.25) is 9.59 Å². The third-order valence-electron chi connectivity index (χ3n) is 4.31. The van der Waals surface area contributed by atoms with E-state index in [9.17, 15) is 14.4 Å². The molecule has 2 N–H and O–H groups in total. The molecule has 0 radical (unpaired) electrons. The predicted molar refractivity (Wildman–Crippen MR) is 95.7 cm³/mol. The quantitative estimate of drug-likeness (QED) is 0.656. The number of benzene rings is 1. The van der Waals surface area contributed by atoms with E-state index in [1.54, 1.807) is 6.92 Å². The molecule has 0 saturated carbocycles. The molecule has 2 aromatic heterocycles. The Morgan fingerprint density at radius 2 is 2.12 bits per heavy atom. The monoisotopic (exact) mass is 371 g/mol. The van der Waals surface area contributed by atoms with E-state index in [-0.39, 0.29) is 18.0 Å². The van der Waals surface area contributed by atoms with Gasteiger partial charge in [0, 0.05) is 11.8 Å². The Labute approximate surface area is 151 Å². The number of esters is 1. The lowest BCUT2D eigenvalue weighted by molar-refractivity contribution is -0.709. The summed E-state index contributed by atoms with van der Waals surface area (Å²) >= 11 is 1.41. The highest BCUT2D eigenvalue weighted by atomic mass is 32.1. The predicted octanol–water partition coefficient (Wildman–Crippen LogP) is 0.637. The Kier molecular flexibility index (Phi) is 3.82. The summed E-state index contributed by atoms with van der Waals surface area (Å²) in [6.45, 7) is 1.41. The number of carbonyl (C=O) groups is 2. The SMILES string of the molecule is COC(=O)Cn1c(C)c2c(cc1=O)N[NH+](c1nc3ccccc3s1)C2=O. The first kappa shape index (κ1) is 16.4. The van der Waals surface area contributed by atoms with E-state index in [1.165, 1.54) is 29.1 Å². The lowest BCUT2D eigenvalue weighted by Gasteiger charge is -2.09. The maximum Gasteiger partial charge on any atom is 0.379 e. The number of para-hydroxylation sites is 1. The van der Waals surface area contributed by atoms with Crippen molar-refractivity contribution in [2.75, 3.05) is 12.5 Å². The van der Waals surface area contributed by atoms with Crippen LogP contribution in [0.25, 0.3) is 10.2 Å². The lowest BCUT2D eigenvalue weighted by Crippen LogP contribution is -3.11. The number of hydrogen-bond acceptors (Lipinski definition) is 7. The van der Waals surface area contributed by atoms with Crippen LogP contribution in [0, 0.1) is 6.92 Å². The highest BCUT2D eigenvalue weighted by Crippen LogP contribution is 2.26. The molecule has 3 aromatic rings. The molecule has 1 unspecified atom stereocenters. The van der Waals surface area contributed by atoms with Gasteiger partial charge in [0.25, 0.3) is 5.56 Å². The Hall–Kier alpha value is -3.04. The number of thiazole rings is 1. The summed E-state index contributed by atoms with van der Waals surface area (Å²) in [6, 6.07) is 8.95. The smallest absolute Gasteiger partial charge is 0.379 e. The normalized spacial score (nSPS) is 15.8. The molecular weight excluding hydrogens is 356 g/mol. The van der Waals surface area contributed by atoms with E-state index in [0.29, 0.717) is 27.1 Å². The number of rotatable bonds is 3. The largest absolute Gasteiger partial charge is 0.468 e. The van der Waals surface area contributed by atoms with Gasteiger partial charge in [-0.1, -0.05) is 23.5 Å². The standard InChI is InChI=1S/C17H14N4O4S/c1-9-15-11(7-13(22)20(9)8-14(23)25-2)19-21(16(15)24)17-18-10-5-3-4-6-12(10)26-17/h3-7,19H,8H2,1-2H3/p+1. The van der Waals surface area contributed by atoms with Crippen molar-refractivity contribution in [3.05, 3.63) is 51.9 Å². The van der Waals surface area contributed by atoms with Crippen molar-refractivity contribution in [1.29, 1.82) is 0 Å². The molecule has 0 aliphatic carbocycles. The molecule has 1 aromatic carbocycles. The zero-order valence-electron chi connectivity index (χ0n) is 14.0. The highest BCUT2D eigenvalue weighted by molar-refractivity contribution is 7.21. The Morgan fingerprint density at radius 1 is 1.35 bits per heavy atom. The van der Waals surface area contributed by atoms with Crippen LogP contribution in [-0.2, 0) is 16.1 Å². The zero-order valence-corrected chi connectivity index (χ0v) is 14.8. The maximum absolute atomic E-state index is 12.9. The van der Waals surface area contributed by atoms with E-state index in [0.717, 1.165) is 10.2 Å². The van der Waals surface area contributed by atoms with Crippen LogP contribution < -0.4 is 16.0 Å². The third kappa shape index (κ3) is 2.49. The van der Waals surface area contributed by atoms with Crippen LogP contribution in [0.3, 0.4) is 0 Å². The molecule has 0 bridgehead atoms. The number of ether oxygens (including phenoxy) is 1. The van der Waals surface area contributed by atoms with Gasteiger partial charge in [-0.15, -0.1) is 5.01 Å². The minimum absolute atomic E-state index is 0.238. The number of pyridine rings is 1. The van der Waals surface area contributed by atoms with Gasteiger partial charge in [-0.25, -0.2) is 10.2 Å². The molecule has 1 aliphatic rings. The van der Waals surface area contributed by atoms with Gasteiger partial charge in [0.2, 0.25) is 0 Å². The number of aromatic nitrogens is 2. The highest BCUT2D eigenvalue weighted by Gasteiger charge is 2.39. The molecule has 132 valence electrons. The molecule has 1 aliphatic heterocycles. The summed E-state index contributed by atoms with van der Waals surface area (Å²) in [4.78, 5) is 41.3. The van der Waals surface area contributed by atoms with Crippen LogP contribution in [0.2, 0.25) is 0 Å². The van der Waals surface area contributed by atoms with Crippen LogP contribution in [0.1, 0.15) is 16.1 Å². The fourth-order valence-corrected chi connectivity index (χ4v) is 3.95. The van der Waals surface area contributed by atoms with Gasteiger partial charge in [-0.05, 0) is 19.1 Å². The van der Waals surface area contributed by atoms with Gasteiger partial charge in [-0.2, -0.15) is 4.98 Å². The summed E-state index contributed by atoms with van der Waals surface area (Å²) in [5.74, 6) is -0.792. The molecule has 3 heterocycles. The van der Waals surface area contributed by atoms with Crippen LogP contribution >= 0.6 is 11.3 Å². The first-order valence-corrected chi connectivity index (χ1v) is 8.67. The number of fused-ring (bicyclic) bond motifs is 2. The van der Waals surface area contributed by atoms with Crippen molar-refractivity contribution in [3.63, 3.8) is 0 Å². The van der Waals surface area contributed by atoms with E-state index in [4.69, 9.17) is 0 Å². The topological polar surface area (TPSA) is 94.7 Å². The van der Waals surface area contributed by atoms with Crippen LogP contribution in [0.5, 0.6) is 0 Å².